The molecule has 0 amide bonds. The Bertz CT molecular complexity index is 549. The van der Waals surface area contributed by atoms with E-state index in [4.69, 9.17) is 5.73 Å². The number of hydrogen-bond donors (Lipinski definition) is 2. The molecule has 0 spiro atoms. The van der Waals surface area contributed by atoms with Crippen LogP contribution in [-0.2, 0) is 20.8 Å². The number of nitrogens with two attached hydrogens (primary N) is 1. The van der Waals surface area contributed by atoms with Crippen LogP contribution < -0.4 is 10.5 Å². The zero-order chi connectivity index (χ0) is 13.2. The molecular weight excluding hydrogens is 274 g/mol. The Hall–Kier alpha value is -0.990. The SMILES string of the molecule is Nc1cc(S(=O)(=O)NC2CCS(=O)CC2)ccn1. The molecule has 100 valence electrons. The summed E-state index contributed by atoms with van der Waals surface area (Å²) in [5, 5.41) is 0. The van der Waals surface area contributed by atoms with Crippen LogP contribution in [0.4, 0.5) is 5.82 Å². The number of aromatic nitrogens is 1. The van der Waals surface area contributed by atoms with Gasteiger partial charge in [-0.1, -0.05) is 0 Å². The molecule has 1 aliphatic rings. The summed E-state index contributed by atoms with van der Waals surface area (Å²) in [5.74, 6) is 1.26. The lowest BCUT2D eigenvalue weighted by molar-refractivity contribution is 0.522. The number of nitrogens with one attached hydrogen (secondary N) is 1. The van der Waals surface area contributed by atoms with E-state index in [-0.39, 0.29) is 16.8 Å². The molecule has 1 aromatic heterocycles. The van der Waals surface area contributed by atoms with E-state index in [2.05, 4.69) is 9.71 Å². The van der Waals surface area contributed by atoms with Crippen molar-refractivity contribution in [3.05, 3.63) is 18.3 Å². The zero-order valence-electron chi connectivity index (χ0n) is 9.70. The predicted octanol–water partition coefficient (Wildman–Crippen LogP) is -0.147. The van der Waals surface area contributed by atoms with Crippen LogP contribution >= 0.6 is 0 Å². The largest absolute Gasteiger partial charge is 0.384 e. The van der Waals surface area contributed by atoms with Crippen LogP contribution in [0.15, 0.2) is 23.2 Å². The van der Waals surface area contributed by atoms with E-state index in [0.29, 0.717) is 24.3 Å². The predicted molar refractivity (Wildman–Crippen MR) is 69.9 cm³/mol. The fourth-order valence-electron chi connectivity index (χ4n) is 1.79. The second kappa shape index (κ2) is 5.33. The van der Waals surface area contributed by atoms with Crippen LogP contribution in [-0.4, -0.2) is 35.2 Å². The highest BCUT2D eigenvalue weighted by Gasteiger charge is 2.24. The van der Waals surface area contributed by atoms with Crippen molar-refractivity contribution in [2.24, 2.45) is 0 Å². The number of nitrogen functional groups attached to an aromatic ring is 1. The van der Waals surface area contributed by atoms with E-state index in [0.717, 1.165) is 0 Å². The van der Waals surface area contributed by atoms with Gasteiger partial charge in [0.25, 0.3) is 0 Å². The normalized spacial score (nSPS) is 24.9. The van der Waals surface area contributed by atoms with E-state index in [1.54, 1.807) is 0 Å². The Labute approximate surface area is 108 Å². The fourth-order valence-corrected chi connectivity index (χ4v) is 4.42. The molecule has 1 saturated heterocycles. The highest BCUT2D eigenvalue weighted by molar-refractivity contribution is 7.89. The van der Waals surface area contributed by atoms with Crippen LogP contribution in [0.5, 0.6) is 0 Å². The molecule has 0 atom stereocenters. The number of anilines is 1. The van der Waals surface area contributed by atoms with Gasteiger partial charge in [-0.15, -0.1) is 0 Å². The summed E-state index contributed by atoms with van der Waals surface area (Å²) >= 11 is 0. The molecular formula is C10H15N3O3S2. The van der Waals surface area contributed by atoms with Crippen molar-refractivity contribution >= 4 is 26.6 Å². The topological polar surface area (TPSA) is 102 Å². The van der Waals surface area contributed by atoms with Crippen molar-refractivity contribution in [1.29, 1.82) is 0 Å². The first kappa shape index (κ1) is 13.4. The maximum Gasteiger partial charge on any atom is 0.241 e. The first-order chi connectivity index (χ1) is 8.47. The molecule has 2 rings (SSSR count). The lowest BCUT2D eigenvalue weighted by atomic mass is 10.2. The van der Waals surface area contributed by atoms with Gasteiger partial charge in [0.05, 0.1) is 4.90 Å². The monoisotopic (exact) mass is 289 g/mol. The van der Waals surface area contributed by atoms with Gasteiger partial charge in [0.2, 0.25) is 10.0 Å². The van der Waals surface area contributed by atoms with Gasteiger partial charge >= 0.3 is 0 Å². The molecule has 18 heavy (non-hydrogen) atoms. The van der Waals surface area contributed by atoms with Crippen LogP contribution in [0, 0.1) is 0 Å². The van der Waals surface area contributed by atoms with E-state index < -0.39 is 20.8 Å². The van der Waals surface area contributed by atoms with Crippen molar-refractivity contribution in [2.45, 2.75) is 23.8 Å². The maximum atomic E-state index is 12.1. The summed E-state index contributed by atoms with van der Waals surface area (Å²) in [6, 6.07) is 2.57. The molecule has 0 bridgehead atoms. The van der Waals surface area contributed by atoms with Crippen LogP contribution in [0.25, 0.3) is 0 Å². The van der Waals surface area contributed by atoms with Crippen molar-refractivity contribution < 1.29 is 12.6 Å². The summed E-state index contributed by atoms with van der Waals surface area (Å²) in [5.41, 5.74) is 5.46. The van der Waals surface area contributed by atoms with E-state index >= 15 is 0 Å². The van der Waals surface area contributed by atoms with Gasteiger partial charge in [-0.2, -0.15) is 0 Å². The molecule has 8 heteroatoms. The molecule has 1 aliphatic heterocycles. The number of hydrogen-bond acceptors (Lipinski definition) is 5. The average molecular weight is 289 g/mol. The molecule has 0 aromatic carbocycles. The highest BCUT2D eigenvalue weighted by atomic mass is 32.2. The van der Waals surface area contributed by atoms with Crippen molar-refractivity contribution in [3.63, 3.8) is 0 Å². The quantitative estimate of drug-likeness (QED) is 0.806. The van der Waals surface area contributed by atoms with Crippen molar-refractivity contribution in [1.82, 2.24) is 9.71 Å². The third-order valence-corrected chi connectivity index (χ3v) is 5.67. The Morgan fingerprint density at radius 1 is 1.39 bits per heavy atom. The minimum absolute atomic E-state index is 0.113. The molecule has 1 fully saturated rings. The van der Waals surface area contributed by atoms with Crippen LogP contribution in [0.3, 0.4) is 0 Å². The molecule has 0 saturated carbocycles. The number of pyridine rings is 1. The van der Waals surface area contributed by atoms with Gasteiger partial charge in [0.1, 0.15) is 5.82 Å². The first-order valence-electron chi connectivity index (χ1n) is 5.56. The summed E-state index contributed by atoms with van der Waals surface area (Å²) in [6.07, 6.45) is 2.57. The third-order valence-electron chi connectivity index (χ3n) is 2.77. The second-order valence-corrected chi connectivity index (χ2v) is 7.57. The number of rotatable bonds is 3. The van der Waals surface area contributed by atoms with Gasteiger partial charge in [-0.3, -0.25) is 4.21 Å². The Morgan fingerprint density at radius 2 is 2.06 bits per heavy atom. The van der Waals surface area contributed by atoms with Gasteiger partial charge in [-0.25, -0.2) is 18.1 Å². The molecule has 0 unspecified atom stereocenters. The molecule has 2 heterocycles. The second-order valence-electron chi connectivity index (χ2n) is 4.16. The maximum absolute atomic E-state index is 12.1. The van der Waals surface area contributed by atoms with E-state index in [9.17, 15) is 12.6 Å². The van der Waals surface area contributed by atoms with Crippen LogP contribution in [0.1, 0.15) is 12.8 Å². The Kier molecular flexibility index (Phi) is 3.98. The number of sulfonamides is 1. The summed E-state index contributed by atoms with van der Waals surface area (Å²) in [4.78, 5) is 3.87. The van der Waals surface area contributed by atoms with Gasteiger partial charge in [0.15, 0.2) is 0 Å². The zero-order valence-corrected chi connectivity index (χ0v) is 11.3. The van der Waals surface area contributed by atoms with Crippen LogP contribution in [0.2, 0.25) is 0 Å². The molecule has 0 radical (unpaired) electrons. The van der Waals surface area contributed by atoms with Gasteiger partial charge < -0.3 is 5.73 Å². The van der Waals surface area contributed by atoms with Gasteiger partial charge in [0, 0.05) is 40.6 Å². The summed E-state index contributed by atoms with van der Waals surface area (Å²) < 4.78 is 37.9. The van der Waals surface area contributed by atoms with E-state index in [1.807, 2.05) is 0 Å². The Balaban J connectivity index is 2.10. The smallest absolute Gasteiger partial charge is 0.241 e. The summed E-state index contributed by atoms with van der Waals surface area (Å²) in [6.45, 7) is 0. The fraction of sp³-hybridized carbons (Fsp3) is 0.500. The Morgan fingerprint density at radius 3 is 2.67 bits per heavy atom. The van der Waals surface area contributed by atoms with Crippen molar-refractivity contribution in [3.8, 4) is 0 Å². The lowest BCUT2D eigenvalue weighted by Crippen LogP contribution is -2.39. The average Bonchev–Trinajstić information content (AvgIpc) is 2.32. The van der Waals surface area contributed by atoms with Gasteiger partial charge in [-0.05, 0) is 18.9 Å². The first-order valence-corrected chi connectivity index (χ1v) is 8.53. The minimum atomic E-state index is -3.57. The molecule has 3 N–H and O–H groups in total. The molecule has 0 aliphatic carbocycles. The minimum Gasteiger partial charge on any atom is -0.384 e. The highest BCUT2D eigenvalue weighted by Crippen LogP contribution is 2.15. The third kappa shape index (κ3) is 3.27. The standard InChI is InChI=1S/C10H15N3O3S2/c11-10-7-9(1-4-12-10)18(15,16)13-8-2-5-17(14)6-3-8/h1,4,7-8,13H,2-3,5-6H2,(H2,11,12). The lowest BCUT2D eigenvalue weighted by Gasteiger charge is -2.22. The molecule has 6 nitrogen and oxygen atoms in total. The van der Waals surface area contributed by atoms with E-state index in [1.165, 1.54) is 18.3 Å². The van der Waals surface area contributed by atoms with Crippen molar-refractivity contribution in [2.75, 3.05) is 17.2 Å². The summed E-state index contributed by atoms with van der Waals surface area (Å²) in [7, 11) is -4.37. The molecule has 1 aromatic rings. The number of nitrogens with zero attached hydrogens (tertiary/aromatic N) is 1.